The van der Waals surface area contributed by atoms with E-state index in [0.29, 0.717) is 102 Å². The Morgan fingerprint density at radius 3 is 2.32 bits per heavy atom. The number of amides is 6. The third-order valence-electron chi connectivity index (χ3n) is 15.5. The van der Waals surface area contributed by atoms with Crippen LogP contribution in [-0.2, 0) is 81.5 Å². The van der Waals surface area contributed by atoms with Crippen molar-refractivity contribution in [3.63, 3.8) is 0 Å². The van der Waals surface area contributed by atoms with Gasteiger partial charge in [0.25, 0.3) is 11.8 Å². The molecule has 82 heavy (non-hydrogen) atoms. The molecule has 1 saturated carbocycles. The average Bonchev–Trinajstić information content (AvgIpc) is 4.02. The third-order valence-corrected chi connectivity index (χ3v) is 15.9. The Hall–Kier alpha value is -6.28. The maximum Gasteiger partial charge on any atom is 0.409 e. The van der Waals surface area contributed by atoms with Crippen molar-refractivity contribution in [1.82, 2.24) is 35.4 Å². The molecule has 0 radical (unpaired) electrons. The normalized spacial score (nSPS) is 25.1. The molecule has 1 aromatic heterocycles. The molecule has 0 spiro atoms. The Bertz CT molecular complexity index is 2630. The number of halogens is 1. The second-order valence-electron chi connectivity index (χ2n) is 21.4. The van der Waals surface area contributed by atoms with Crippen LogP contribution in [-0.4, -0.2) is 189 Å². The Balaban J connectivity index is 0.905. The van der Waals surface area contributed by atoms with E-state index >= 15 is 0 Å². The van der Waals surface area contributed by atoms with E-state index in [1.54, 1.807) is 43.9 Å². The van der Waals surface area contributed by atoms with Gasteiger partial charge in [-0.2, -0.15) is 0 Å². The number of ether oxygens (including phenoxy) is 8. The number of carbonyl (C=O) groups is 7. The van der Waals surface area contributed by atoms with Crippen LogP contribution in [0.3, 0.4) is 0 Å². The highest BCUT2D eigenvalue weighted by atomic mass is 35.5. The molecular formula is C57H81ClN8O16. The smallest absolute Gasteiger partial charge is 0.409 e. The fourth-order valence-electron chi connectivity index (χ4n) is 10.2. The number of aliphatic hydroxyl groups is 1. The Labute approximate surface area is 484 Å². The first-order chi connectivity index (χ1) is 39.2. The van der Waals surface area contributed by atoms with Gasteiger partial charge in [-0.3, -0.25) is 38.9 Å². The number of esters is 1. The van der Waals surface area contributed by atoms with E-state index in [2.05, 4.69) is 20.9 Å². The van der Waals surface area contributed by atoms with Gasteiger partial charge in [0.15, 0.2) is 5.72 Å². The van der Waals surface area contributed by atoms with Crippen molar-refractivity contribution >= 4 is 58.9 Å². The van der Waals surface area contributed by atoms with Crippen molar-refractivity contribution in [1.29, 1.82) is 0 Å². The summed E-state index contributed by atoms with van der Waals surface area (Å²) in [5, 5.41) is 25.7. The molecule has 3 aliphatic heterocycles. The number of carbonyl (C=O) groups excluding carboxylic acids is 7. The number of methoxy groups -OCH3 is 2. The number of aryl methyl sites for hydroxylation is 1. The van der Waals surface area contributed by atoms with Crippen molar-refractivity contribution in [3.05, 3.63) is 70.6 Å². The fourth-order valence-corrected chi connectivity index (χ4v) is 10.6. The molecule has 1 aliphatic carbocycles. The van der Waals surface area contributed by atoms with Crippen molar-refractivity contribution < 1.29 is 76.6 Å². The number of alkyl carbamates (subject to hydrolysis) is 1. The van der Waals surface area contributed by atoms with E-state index in [4.69, 9.17) is 49.5 Å². The first-order valence-electron chi connectivity index (χ1n) is 27.8. The van der Waals surface area contributed by atoms with E-state index in [0.717, 1.165) is 22.5 Å². The number of hydrogen-bond donors (Lipinski definition) is 3. The molecule has 4 bridgehead atoms. The molecule has 6 amide bonds. The zero-order valence-corrected chi connectivity index (χ0v) is 49.1. The first kappa shape index (κ1) is 64.9. The summed E-state index contributed by atoms with van der Waals surface area (Å²) >= 11 is 6.85. The summed E-state index contributed by atoms with van der Waals surface area (Å²) in [5.41, 5.74) is 0.234. The topological polar surface area (TPSA) is 278 Å². The quantitative estimate of drug-likeness (QED) is 0.0611. The zero-order valence-electron chi connectivity index (χ0n) is 48.4. The van der Waals surface area contributed by atoms with Gasteiger partial charge in [-0.25, -0.2) is 9.59 Å². The number of hydrogen-bond acceptors (Lipinski definition) is 18. The molecule has 2 aromatic rings. The molecule has 8 atom stereocenters. The predicted molar refractivity (Wildman–Crippen MR) is 298 cm³/mol. The summed E-state index contributed by atoms with van der Waals surface area (Å²) in [6, 6.07) is 2.63. The van der Waals surface area contributed by atoms with Gasteiger partial charge in [0.1, 0.15) is 40.8 Å². The molecule has 2 fully saturated rings. The summed E-state index contributed by atoms with van der Waals surface area (Å²) in [6.07, 6.45) is 8.99. The molecular weight excluding hydrogens is 1090 g/mol. The van der Waals surface area contributed by atoms with Crippen LogP contribution in [0.1, 0.15) is 90.3 Å². The number of unbranched alkanes of at least 4 members (excludes halogenated alkanes) is 2. The second kappa shape index (κ2) is 30.9. The average molecular weight is 1170 g/mol. The molecule has 4 heterocycles. The van der Waals surface area contributed by atoms with Crippen molar-refractivity contribution in [2.45, 2.75) is 129 Å². The highest BCUT2D eigenvalue weighted by Gasteiger charge is 2.62. The van der Waals surface area contributed by atoms with Crippen LogP contribution in [0.15, 0.2) is 54.3 Å². The number of imide groups is 1. The number of aromatic nitrogens is 3. The number of rotatable bonds is 28. The largest absolute Gasteiger partial charge is 0.495 e. The number of benzene rings is 1. The van der Waals surface area contributed by atoms with E-state index < -0.39 is 59.4 Å². The molecule has 3 N–H and O–H groups in total. The highest BCUT2D eigenvalue weighted by molar-refractivity contribution is 6.35. The van der Waals surface area contributed by atoms with E-state index in [1.165, 1.54) is 36.2 Å². The number of nitrogens with zero attached hydrogens (tertiary/aromatic N) is 6. The Morgan fingerprint density at radius 2 is 1.63 bits per heavy atom. The predicted octanol–water partition coefficient (Wildman–Crippen LogP) is 4.23. The van der Waals surface area contributed by atoms with Gasteiger partial charge in [0.05, 0.1) is 78.3 Å². The summed E-state index contributed by atoms with van der Waals surface area (Å²) < 4.78 is 47.4. The highest BCUT2D eigenvalue weighted by Crippen LogP contribution is 2.61. The lowest BCUT2D eigenvalue weighted by Gasteiger charge is -2.42. The van der Waals surface area contributed by atoms with Gasteiger partial charge in [0, 0.05) is 77.7 Å². The second-order valence-corrected chi connectivity index (χ2v) is 21.8. The van der Waals surface area contributed by atoms with Gasteiger partial charge >= 0.3 is 12.1 Å². The molecule has 1 aromatic carbocycles. The van der Waals surface area contributed by atoms with Crippen LogP contribution in [0, 0.1) is 17.3 Å². The number of anilines is 1. The summed E-state index contributed by atoms with van der Waals surface area (Å²) in [7, 11) is 6.11. The lowest BCUT2D eigenvalue weighted by molar-refractivity contribution is -0.163. The lowest BCUT2D eigenvalue weighted by Crippen LogP contribution is -2.63. The van der Waals surface area contributed by atoms with E-state index in [-0.39, 0.29) is 73.4 Å². The van der Waals surface area contributed by atoms with Gasteiger partial charge in [-0.15, -0.1) is 5.10 Å². The summed E-state index contributed by atoms with van der Waals surface area (Å²) in [5.74, 6) is -2.60. The zero-order chi connectivity index (χ0) is 59.6. The van der Waals surface area contributed by atoms with Crippen LogP contribution < -0.4 is 20.3 Å². The maximum atomic E-state index is 14.4. The van der Waals surface area contributed by atoms with Crippen LogP contribution in [0.25, 0.3) is 0 Å². The van der Waals surface area contributed by atoms with Crippen molar-refractivity contribution in [2.75, 3.05) is 92.6 Å². The Kier molecular flexibility index (Phi) is 24.4. The van der Waals surface area contributed by atoms with Crippen molar-refractivity contribution in [2.24, 2.45) is 17.3 Å². The minimum atomic E-state index is -1.81. The van der Waals surface area contributed by atoms with Crippen LogP contribution in [0.2, 0.25) is 5.02 Å². The minimum absolute atomic E-state index is 0.000372. The Morgan fingerprint density at radius 1 is 0.951 bits per heavy atom. The van der Waals surface area contributed by atoms with Crippen LogP contribution >= 0.6 is 11.6 Å². The molecule has 6 rings (SSSR count). The molecule has 4 aliphatic rings. The van der Waals surface area contributed by atoms with Crippen LogP contribution in [0.4, 0.5) is 10.5 Å². The number of likely N-dealkylation sites (N-methyl/N-ethyl adjacent to an activating group) is 1. The minimum Gasteiger partial charge on any atom is -0.495 e. The number of nitrogens with one attached hydrogen (secondary N) is 2. The lowest BCUT2D eigenvalue weighted by atomic mass is 9.83. The third kappa shape index (κ3) is 18.1. The summed E-state index contributed by atoms with van der Waals surface area (Å²) in [4.78, 5) is 94.0. The van der Waals surface area contributed by atoms with E-state index in [9.17, 15) is 38.7 Å². The first-order valence-corrected chi connectivity index (χ1v) is 28.2. The standard InChI is InChI=1S/C57H81ClN8O16/c1-37-13-12-14-46(76-8)57(74)34-45(81-55(73)60-57)38(2)42-33-56(42,4)47(32-52(71)64(6)43-30-40(29-37)31-44(75-7)53(43)58)82-54(72)39(3)63(5)49(68)15-10-9-11-20-65-35-41(61-62-65)36-80-28-27-79-26-25-78-24-23-77-22-19-59-48(67)18-21-66-50(69)16-17-51(66)70/h12-14,16-17,30-31,35,38-39,42,45-47,74H,9-11,15,18-29,32-34,36H2,1-8H3,(H,59,67)(H,60,73)/b14-12+,37-13+/t38-,39-,42-,45-,46?,47-,56-,57-/m0/s1. The summed E-state index contributed by atoms with van der Waals surface area (Å²) in [6.45, 7) is 11.0. The molecule has 452 valence electrons. The fraction of sp³-hybridized carbons (Fsp3) is 0.632. The van der Waals surface area contributed by atoms with Gasteiger partial charge in [-0.05, 0) is 69.1 Å². The molecule has 1 unspecified atom stereocenters. The molecule has 25 heteroatoms. The number of fused-ring (bicyclic) bond motifs is 5. The molecule has 24 nitrogen and oxygen atoms in total. The van der Waals surface area contributed by atoms with Crippen molar-refractivity contribution in [3.8, 4) is 5.75 Å². The number of allylic oxidation sites excluding steroid dienone is 3. The monoisotopic (exact) mass is 1170 g/mol. The van der Waals surface area contributed by atoms with E-state index in [1.807, 2.05) is 39.1 Å². The van der Waals surface area contributed by atoms with Crippen LogP contribution in [0.5, 0.6) is 5.75 Å². The maximum absolute atomic E-state index is 14.4. The SMILES string of the molecule is COc1cc2cc(c1Cl)N(C)C(=O)C[C@H](OC(=O)[C@H](C)N(C)C(=O)CCCCCn1cc(COCCOCCOCCOCCNC(=O)CCN3C(=O)C=CC3=O)nn1)[C@@]1(C)C[C@H]1[C@H](C)[C@@H]1C[C@@](O)(NC(=O)O1)C(OC)/C=C/C=C(\C)C2. The molecule has 1 saturated heterocycles. The van der Waals surface area contributed by atoms with Gasteiger partial charge in [0.2, 0.25) is 17.7 Å². The van der Waals surface area contributed by atoms with Gasteiger partial charge in [-0.1, -0.05) is 60.9 Å². The van der Waals surface area contributed by atoms with Gasteiger partial charge < -0.3 is 58.1 Å².